The minimum atomic E-state index is -0.559. The van der Waals surface area contributed by atoms with E-state index < -0.39 is 11.6 Å². The number of hydrogen-bond acceptors (Lipinski definition) is 2. The maximum atomic E-state index is 13.7. The molecule has 3 rings (SSSR count). The predicted octanol–water partition coefficient (Wildman–Crippen LogP) is 3.53. The first-order valence-electron chi connectivity index (χ1n) is 8.42. The molecule has 2 fully saturated rings. The second-order valence-corrected chi connectivity index (χ2v) is 6.71. The van der Waals surface area contributed by atoms with Gasteiger partial charge in [0, 0.05) is 30.0 Å². The summed E-state index contributed by atoms with van der Waals surface area (Å²) in [6.07, 6.45) is 4.85. The molecule has 5 heteroatoms. The van der Waals surface area contributed by atoms with E-state index in [-0.39, 0.29) is 29.3 Å². The highest BCUT2D eigenvalue weighted by Crippen LogP contribution is 2.49. The second kappa shape index (κ2) is 6.95. The molecular weight excluding hydrogens is 300 g/mol. The molecular formula is C18H23F2NO2. The summed E-state index contributed by atoms with van der Waals surface area (Å²) in [5.74, 6) is -1.86. The molecule has 0 radical (unpaired) electrons. The Bertz CT molecular complexity index is 552. The van der Waals surface area contributed by atoms with E-state index in [1.807, 2.05) is 6.92 Å². The van der Waals surface area contributed by atoms with Crippen molar-refractivity contribution in [3.63, 3.8) is 0 Å². The van der Waals surface area contributed by atoms with Crippen molar-refractivity contribution >= 4 is 5.91 Å². The van der Waals surface area contributed by atoms with E-state index in [4.69, 9.17) is 4.74 Å². The summed E-state index contributed by atoms with van der Waals surface area (Å²) in [6.45, 7) is 2.80. The molecule has 126 valence electrons. The predicted molar refractivity (Wildman–Crippen MR) is 83.0 cm³/mol. The Kier molecular flexibility index (Phi) is 4.95. The Morgan fingerprint density at radius 2 is 2.13 bits per heavy atom. The van der Waals surface area contributed by atoms with Crippen LogP contribution < -0.4 is 5.32 Å². The molecule has 1 aromatic carbocycles. The van der Waals surface area contributed by atoms with Crippen molar-refractivity contribution in [2.75, 3.05) is 6.61 Å². The molecule has 23 heavy (non-hydrogen) atoms. The molecule has 2 aliphatic rings. The van der Waals surface area contributed by atoms with E-state index in [2.05, 4.69) is 5.32 Å². The number of rotatable bonds is 6. The van der Waals surface area contributed by atoms with E-state index in [1.165, 1.54) is 18.2 Å². The SMILES string of the molecule is C[C@H](CC[C@@H]1CCCO1)NC(=O)[C@H]1C[C@H]1c1c(F)cccc1F. The third-order valence-electron chi connectivity index (χ3n) is 4.83. The van der Waals surface area contributed by atoms with E-state index in [0.29, 0.717) is 12.5 Å². The molecule has 1 aliphatic heterocycles. The zero-order chi connectivity index (χ0) is 16.4. The highest BCUT2D eigenvalue weighted by Gasteiger charge is 2.46. The van der Waals surface area contributed by atoms with Crippen LogP contribution in [0.15, 0.2) is 18.2 Å². The largest absolute Gasteiger partial charge is 0.378 e. The molecule has 0 spiro atoms. The standard InChI is InChI=1S/C18H23F2NO2/c1-11(7-8-12-4-3-9-23-12)21-18(22)14-10-13(14)17-15(19)5-2-6-16(17)20/h2,5-6,11-14H,3-4,7-10H2,1H3,(H,21,22)/t11-,12+,13-,14+/m1/s1. The quantitative estimate of drug-likeness (QED) is 0.870. The van der Waals surface area contributed by atoms with Crippen LogP contribution in [0.3, 0.4) is 0 Å². The van der Waals surface area contributed by atoms with Gasteiger partial charge in [-0.05, 0) is 51.2 Å². The third kappa shape index (κ3) is 3.89. The lowest BCUT2D eigenvalue weighted by Gasteiger charge is -2.16. The fourth-order valence-corrected chi connectivity index (χ4v) is 3.40. The van der Waals surface area contributed by atoms with Crippen LogP contribution in [0.2, 0.25) is 0 Å². The van der Waals surface area contributed by atoms with Gasteiger partial charge in [0.15, 0.2) is 0 Å². The fourth-order valence-electron chi connectivity index (χ4n) is 3.40. The average molecular weight is 323 g/mol. The first-order valence-corrected chi connectivity index (χ1v) is 8.42. The first-order chi connectivity index (χ1) is 11.1. The van der Waals surface area contributed by atoms with E-state index in [9.17, 15) is 13.6 Å². The minimum Gasteiger partial charge on any atom is -0.378 e. The first kappa shape index (κ1) is 16.4. The summed E-state index contributed by atoms with van der Waals surface area (Å²) >= 11 is 0. The third-order valence-corrected chi connectivity index (χ3v) is 4.83. The van der Waals surface area contributed by atoms with Gasteiger partial charge in [0.05, 0.1) is 6.10 Å². The molecule has 0 unspecified atom stereocenters. The van der Waals surface area contributed by atoms with Crippen molar-refractivity contribution in [1.29, 1.82) is 0 Å². The Morgan fingerprint density at radius 1 is 1.39 bits per heavy atom. The molecule has 3 nitrogen and oxygen atoms in total. The van der Waals surface area contributed by atoms with E-state index in [1.54, 1.807) is 0 Å². The van der Waals surface area contributed by atoms with Crippen LogP contribution in [0.1, 0.15) is 50.5 Å². The molecule has 0 aromatic heterocycles. The van der Waals surface area contributed by atoms with Crippen molar-refractivity contribution < 1.29 is 18.3 Å². The Balaban J connectivity index is 1.48. The molecule has 1 saturated heterocycles. The van der Waals surface area contributed by atoms with Gasteiger partial charge in [0.1, 0.15) is 11.6 Å². The number of benzene rings is 1. The molecule has 1 aromatic rings. The molecule has 1 saturated carbocycles. The highest BCUT2D eigenvalue weighted by atomic mass is 19.1. The van der Waals surface area contributed by atoms with Gasteiger partial charge < -0.3 is 10.1 Å². The second-order valence-electron chi connectivity index (χ2n) is 6.71. The van der Waals surface area contributed by atoms with Crippen molar-refractivity contribution in [3.8, 4) is 0 Å². The van der Waals surface area contributed by atoms with Crippen LogP contribution in [0.4, 0.5) is 8.78 Å². The molecule has 4 atom stereocenters. The van der Waals surface area contributed by atoms with Crippen LogP contribution >= 0.6 is 0 Å². The molecule has 1 amide bonds. The summed E-state index contributed by atoms with van der Waals surface area (Å²) < 4.78 is 33.1. The Labute approximate surface area is 135 Å². The molecule has 1 aliphatic carbocycles. The van der Waals surface area contributed by atoms with Crippen LogP contribution in [-0.2, 0) is 9.53 Å². The van der Waals surface area contributed by atoms with Crippen molar-refractivity contribution in [3.05, 3.63) is 35.4 Å². The number of carbonyl (C=O) groups is 1. The van der Waals surface area contributed by atoms with Gasteiger partial charge in [-0.2, -0.15) is 0 Å². The molecule has 1 heterocycles. The lowest BCUT2D eigenvalue weighted by Crippen LogP contribution is -2.34. The molecule has 1 N–H and O–H groups in total. The van der Waals surface area contributed by atoms with Gasteiger partial charge in [-0.1, -0.05) is 6.07 Å². The number of nitrogens with one attached hydrogen (secondary N) is 1. The number of hydrogen-bond donors (Lipinski definition) is 1. The topological polar surface area (TPSA) is 38.3 Å². The van der Waals surface area contributed by atoms with Gasteiger partial charge in [-0.3, -0.25) is 4.79 Å². The lowest BCUT2D eigenvalue weighted by molar-refractivity contribution is -0.123. The van der Waals surface area contributed by atoms with Crippen LogP contribution in [-0.4, -0.2) is 24.7 Å². The normalized spacial score (nSPS) is 27.7. The monoisotopic (exact) mass is 323 g/mol. The van der Waals surface area contributed by atoms with Gasteiger partial charge in [0.2, 0.25) is 5.91 Å². The Hall–Kier alpha value is -1.49. The van der Waals surface area contributed by atoms with Crippen molar-refractivity contribution in [2.24, 2.45) is 5.92 Å². The summed E-state index contributed by atoms with van der Waals surface area (Å²) in [6, 6.07) is 3.89. The van der Waals surface area contributed by atoms with Gasteiger partial charge >= 0.3 is 0 Å². The smallest absolute Gasteiger partial charge is 0.223 e. The number of ether oxygens (including phenoxy) is 1. The van der Waals surface area contributed by atoms with Gasteiger partial charge in [-0.15, -0.1) is 0 Å². The van der Waals surface area contributed by atoms with E-state index >= 15 is 0 Å². The minimum absolute atomic E-state index is 0.0541. The lowest BCUT2D eigenvalue weighted by atomic mass is 10.1. The summed E-state index contributed by atoms with van der Waals surface area (Å²) in [5.41, 5.74) is 0.0552. The number of halogens is 2. The van der Waals surface area contributed by atoms with E-state index in [0.717, 1.165) is 32.3 Å². The maximum Gasteiger partial charge on any atom is 0.223 e. The number of amides is 1. The number of carbonyl (C=O) groups excluding carboxylic acids is 1. The van der Waals surface area contributed by atoms with Crippen LogP contribution in [0.25, 0.3) is 0 Å². The highest BCUT2D eigenvalue weighted by molar-refractivity contribution is 5.83. The summed E-state index contributed by atoms with van der Waals surface area (Å²) in [7, 11) is 0. The fraction of sp³-hybridized carbons (Fsp3) is 0.611. The summed E-state index contributed by atoms with van der Waals surface area (Å²) in [5, 5.41) is 2.97. The van der Waals surface area contributed by atoms with Crippen LogP contribution in [0.5, 0.6) is 0 Å². The maximum absolute atomic E-state index is 13.7. The van der Waals surface area contributed by atoms with Gasteiger partial charge in [0.25, 0.3) is 0 Å². The van der Waals surface area contributed by atoms with Crippen LogP contribution in [0, 0.1) is 17.6 Å². The van der Waals surface area contributed by atoms with Crippen molar-refractivity contribution in [2.45, 2.75) is 57.1 Å². The zero-order valence-corrected chi connectivity index (χ0v) is 13.4. The zero-order valence-electron chi connectivity index (χ0n) is 13.4. The average Bonchev–Trinajstić information content (AvgIpc) is 3.10. The Morgan fingerprint density at radius 3 is 2.78 bits per heavy atom. The molecule has 0 bridgehead atoms. The summed E-state index contributed by atoms with van der Waals surface area (Å²) in [4.78, 5) is 12.2. The van der Waals surface area contributed by atoms with Crippen molar-refractivity contribution in [1.82, 2.24) is 5.32 Å². The van der Waals surface area contributed by atoms with Gasteiger partial charge in [-0.25, -0.2) is 8.78 Å².